The molecule has 0 aromatic rings. The van der Waals surface area contributed by atoms with Crippen molar-refractivity contribution in [1.82, 2.24) is 0 Å². The molecule has 1 unspecified atom stereocenters. The molecule has 0 bridgehead atoms. The molecular weight excluding hydrogens is 409 g/mol. The molecule has 0 spiro atoms. The summed E-state index contributed by atoms with van der Waals surface area (Å²) < 4.78 is -3.47. The van der Waals surface area contributed by atoms with Crippen molar-refractivity contribution in [2.45, 2.75) is 30.1 Å². The van der Waals surface area contributed by atoms with Gasteiger partial charge in [0.2, 0.25) is 0 Å². The fraction of sp³-hybridized carbons (Fsp3) is 1.00. The summed E-state index contributed by atoms with van der Waals surface area (Å²) in [5, 5.41) is -0.464. The Bertz CT molecular complexity index is 215. The van der Waals surface area contributed by atoms with Gasteiger partial charge in [-0.1, -0.05) is 78.3 Å². The van der Waals surface area contributed by atoms with E-state index < -0.39 is 17.3 Å². The average Bonchev–Trinajstić information content (AvgIpc) is 1.97. The number of hydrogen-bond acceptors (Lipinski definition) is 0. The Morgan fingerprint density at radius 2 is 1.54 bits per heavy atom. The summed E-state index contributed by atoms with van der Waals surface area (Å²) >= 11 is 36.8. The smallest absolute Gasteiger partial charge is 0.120 e. The lowest BCUT2D eigenvalue weighted by atomic mass is 9.97. The topological polar surface area (TPSA) is 0 Å². The summed E-state index contributed by atoms with van der Waals surface area (Å²) in [7, 11) is 0. The van der Waals surface area contributed by atoms with Crippen molar-refractivity contribution in [3.8, 4) is 0 Å². The molecule has 1 aliphatic rings. The minimum atomic E-state index is -1.39. The van der Waals surface area contributed by atoms with Crippen molar-refractivity contribution in [3.05, 3.63) is 0 Å². The predicted molar refractivity (Wildman–Crippen MR) is 68.3 cm³/mol. The lowest BCUT2D eigenvalue weighted by Crippen LogP contribution is -2.57. The maximum atomic E-state index is 6.07. The lowest BCUT2D eigenvalue weighted by molar-refractivity contribution is 0.458. The molecule has 1 rings (SSSR count). The molecule has 1 atom stereocenters. The molecule has 0 aromatic heterocycles. The number of hydrogen-bond donors (Lipinski definition) is 0. The Morgan fingerprint density at radius 3 is 1.92 bits per heavy atom. The van der Waals surface area contributed by atoms with Crippen LogP contribution in [0.4, 0.5) is 0 Å². The summed E-state index contributed by atoms with van der Waals surface area (Å²) in [6, 6.07) is 0. The van der Waals surface area contributed by atoms with Gasteiger partial charge >= 0.3 is 0 Å². The van der Waals surface area contributed by atoms with Gasteiger partial charge in [-0.3, -0.25) is 0 Å². The monoisotopic (exact) mass is 410 g/mol. The first-order valence-electron chi connectivity index (χ1n) is 3.40. The van der Waals surface area contributed by atoms with Gasteiger partial charge in [0.25, 0.3) is 0 Å². The van der Waals surface area contributed by atoms with Crippen LogP contribution in [0.15, 0.2) is 0 Å². The van der Waals surface area contributed by atoms with E-state index in [4.69, 9.17) is 58.0 Å². The van der Waals surface area contributed by atoms with Crippen molar-refractivity contribution in [2.75, 3.05) is 0 Å². The molecular formula is C6H5Br2Cl5. The van der Waals surface area contributed by atoms with Gasteiger partial charge in [0.1, 0.15) is 3.23 Å². The zero-order valence-corrected chi connectivity index (χ0v) is 13.1. The standard InChI is InChI=1S/C6H5Br2Cl5/c7-4(8)2-1-3(9)5(10,11)6(4,12)13/h3H,1-2H2. The van der Waals surface area contributed by atoms with Crippen LogP contribution in [0, 0.1) is 0 Å². The van der Waals surface area contributed by atoms with Gasteiger partial charge in [-0.15, -0.1) is 11.6 Å². The van der Waals surface area contributed by atoms with Crippen LogP contribution in [-0.2, 0) is 0 Å². The van der Waals surface area contributed by atoms with E-state index in [0.29, 0.717) is 12.8 Å². The molecule has 0 nitrogen and oxygen atoms in total. The first-order chi connectivity index (χ1) is 5.63. The van der Waals surface area contributed by atoms with Crippen LogP contribution in [-0.4, -0.2) is 17.3 Å². The van der Waals surface area contributed by atoms with Gasteiger partial charge in [-0.2, -0.15) is 0 Å². The molecule has 13 heavy (non-hydrogen) atoms. The van der Waals surface area contributed by atoms with E-state index in [1.807, 2.05) is 0 Å². The van der Waals surface area contributed by atoms with Crippen LogP contribution in [0.3, 0.4) is 0 Å². The molecule has 1 saturated carbocycles. The largest absolute Gasteiger partial charge is 0.177 e. The summed E-state index contributed by atoms with van der Waals surface area (Å²) in [6.45, 7) is 0. The zero-order valence-electron chi connectivity index (χ0n) is 6.14. The Morgan fingerprint density at radius 1 is 1.08 bits per heavy atom. The lowest BCUT2D eigenvalue weighted by Gasteiger charge is -2.48. The Hall–Kier alpha value is 2.41. The van der Waals surface area contributed by atoms with Gasteiger partial charge in [-0.05, 0) is 12.8 Å². The van der Waals surface area contributed by atoms with Crippen LogP contribution < -0.4 is 0 Å². The third-order valence-electron chi connectivity index (χ3n) is 1.98. The molecule has 7 heteroatoms. The maximum absolute atomic E-state index is 6.07. The molecule has 1 aliphatic carbocycles. The molecule has 0 saturated heterocycles. The van der Waals surface area contributed by atoms with Gasteiger partial charge in [0.15, 0.2) is 8.67 Å². The highest BCUT2D eigenvalue weighted by molar-refractivity contribution is 9.25. The number of rotatable bonds is 0. The zero-order chi connectivity index (χ0) is 10.5. The van der Waals surface area contributed by atoms with Gasteiger partial charge < -0.3 is 0 Å². The van der Waals surface area contributed by atoms with Gasteiger partial charge in [0, 0.05) is 0 Å². The molecule has 0 N–H and O–H groups in total. The van der Waals surface area contributed by atoms with Crippen molar-refractivity contribution in [3.63, 3.8) is 0 Å². The second-order valence-electron chi connectivity index (χ2n) is 2.91. The maximum Gasteiger partial charge on any atom is 0.177 e. The third-order valence-corrected chi connectivity index (χ3v) is 8.37. The van der Waals surface area contributed by atoms with Gasteiger partial charge in [0.05, 0.1) is 5.38 Å². The highest BCUT2D eigenvalue weighted by Crippen LogP contribution is 2.63. The fourth-order valence-electron chi connectivity index (χ4n) is 1.09. The normalized spacial score (nSPS) is 35.8. The van der Waals surface area contributed by atoms with Crippen LogP contribution in [0.1, 0.15) is 12.8 Å². The SMILES string of the molecule is ClC1CCC(Br)(Br)C(Cl)(Cl)C1(Cl)Cl. The second-order valence-corrected chi connectivity index (χ2v) is 9.92. The Kier molecular flexibility index (Phi) is 4.16. The fourth-order valence-corrected chi connectivity index (χ4v) is 4.00. The van der Waals surface area contributed by atoms with E-state index in [-0.39, 0.29) is 0 Å². The molecule has 0 heterocycles. The predicted octanol–water partition coefficient (Wildman–Crippen LogP) is 5.22. The Labute approximate surface area is 119 Å². The van der Waals surface area contributed by atoms with E-state index in [0.717, 1.165) is 0 Å². The molecule has 0 radical (unpaired) electrons. The highest BCUT2D eigenvalue weighted by Gasteiger charge is 2.65. The highest BCUT2D eigenvalue weighted by atomic mass is 79.9. The van der Waals surface area contributed by atoms with Crippen LogP contribution in [0.2, 0.25) is 0 Å². The summed E-state index contributed by atoms with van der Waals surface area (Å²) in [6.07, 6.45) is 1.28. The first-order valence-corrected chi connectivity index (χ1v) is 6.94. The number of alkyl halides is 7. The van der Waals surface area contributed by atoms with E-state index >= 15 is 0 Å². The quantitative estimate of drug-likeness (QED) is 0.477. The summed E-state index contributed by atoms with van der Waals surface area (Å²) in [5.41, 5.74) is 0. The van der Waals surface area contributed by atoms with E-state index in [9.17, 15) is 0 Å². The minimum Gasteiger partial charge on any atom is -0.120 e. The minimum absolute atomic E-state index is 0.464. The summed E-state index contributed by atoms with van der Waals surface area (Å²) in [5.74, 6) is 0. The molecule has 78 valence electrons. The van der Waals surface area contributed by atoms with E-state index in [1.165, 1.54) is 0 Å². The number of halogens is 7. The van der Waals surface area contributed by atoms with Crippen molar-refractivity contribution < 1.29 is 0 Å². The van der Waals surface area contributed by atoms with Crippen LogP contribution in [0.5, 0.6) is 0 Å². The average molecular weight is 414 g/mol. The molecule has 1 fully saturated rings. The van der Waals surface area contributed by atoms with Crippen molar-refractivity contribution >= 4 is 89.9 Å². The van der Waals surface area contributed by atoms with Crippen molar-refractivity contribution in [1.29, 1.82) is 0 Å². The molecule has 0 aliphatic heterocycles. The third kappa shape index (κ3) is 2.11. The summed E-state index contributed by atoms with van der Waals surface area (Å²) in [4.78, 5) is 0. The first kappa shape index (κ1) is 13.5. The molecule has 0 aromatic carbocycles. The molecule has 0 amide bonds. The van der Waals surface area contributed by atoms with E-state index in [1.54, 1.807) is 0 Å². The van der Waals surface area contributed by atoms with Crippen LogP contribution in [0.25, 0.3) is 0 Å². The second kappa shape index (κ2) is 4.01. The Balaban J connectivity index is 3.07. The van der Waals surface area contributed by atoms with E-state index in [2.05, 4.69) is 31.9 Å². The van der Waals surface area contributed by atoms with Crippen molar-refractivity contribution in [2.24, 2.45) is 0 Å². The van der Waals surface area contributed by atoms with Crippen LogP contribution >= 0.6 is 89.9 Å². The van der Waals surface area contributed by atoms with Gasteiger partial charge in [-0.25, -0.2) is 0 Å².